The number of rotatable bonds is 2. The highest BCUT2D eigenvalue weighted by Crippen LogP contribution is 2.71. The van der Waals surface area contributed by atoms with Gasteiger partial charge in [-0.3, -0.25) is 0 Å². The van der Waals surface area contributed by atoms with Crippen molar-refractivity contribution in [1.29, 1.82) is 0 Å². The molecule has 0 saturated heterocycles. The van der Waals surface area contributed by atoms with Gasteiger partial charge in [0, 0.05) is 11.5 Å². The Bertz CT molecular complexity index is 409. The van der Waals surface area contributed by atoms with Crippen LogP contribution in [0.3, 0.4) is 0 Å². The van der Waals surface area contributed by atoms with Gasteiger partial charge in [-0.2, -0.15) is 0 Å². The summed E-state index contributed by atoms with van der Waals surface area (Å²) in [4.78, 5) is 11.6. The lowest BCUT2D eigenvalue weighted by Gasteiger charge is -2.69. The summed E-state index contributed by atoms with van der Waals surface area (Å²) in [6.45, 7) is 10.2. The molecule has 0 spiro atoms. The van der Waals surface area contributed by atoms with Crippen LogP contribution in [0.5, 0.6) is 0 Å². The average Bonchev–Trinajstić information content (AvgIpc) is 2.17. The van der Waals surface area contributed by atoms with Gasteiger partial charge < -0.3 is 9.84 Å². The quantitative estimate of drug-likeness (QED) is 0.616. The second-order valence-electron chi connectivity index (χ2n) is 8.28. The van der Waals surface area contributed by atoms with Crippen LogP contribution in [0, 0.1) is 16.2 Å². The molecule has 4 aliphatic carbocycles. The SMILES string of the molecule is C=CC(=O)OC1C2(C)CC3(C)CC(C)(C2)CC1(O)C3. The van der Waals surface area contributed by atoms with Crippen molar-refractivity contribution in [3.63, 3.8) is 0 Å². The molecule has 0 heterocycles. The summed E-state index contributed by atoms with van der Waals surface area (Å²) in [5.41, 5.74) is -0.588. The topological polar surface area (TPSA) is 46.5 Å². The molecular formula is C16H24O3. The van der Waals surface area contributed by atoms with Crippen molar-refractivity contribution in [2.45, 2.75) is 64.6 Å². The molecule has 4 saturated carbocycles. The average molecular weight is 264 g/mol. The number of aliphatic hydroxyl groups is 1. The standard InChI is InChI=1S/C16H24O3/c1-5-11(17)19-12-15(4)7-13(2)6-14(3,8-15)10-16(12,18)9-13/h5,12,18H,1,6-10H2,2-4H3. The predicted molar refractivity (Wildman–Crippen MR) is 72.4 cm³/mol. The molecule has 0 aliphatic heterocycles. The second kappa shape index (κ2) is 3.43. The first-order valence-corrected chi connectivity index (χ1v) is 7.18. The van der Waals surface area contributed by atoms with Gasteiger partial charge in [0.05, 0.1) is 0 Å². The van der Waals surface area contributed by atoms with Crippen LogP contribution in [0.25, 0.3) is 0 Å². The molecule has 3 heteroatoms. The van der Waals surface area contributed by atoms with Gasteiger partial charge in [0.2, 0.25) is 0 Å². The Morgan fingerprint density at radius 2 is 1.68 bits per heavy atom. The third-order valence-electron chi connectivity index (χ3n) is 5.50. The number of ether oxygens (including phenoxy) is 1. The van der Waals surface area contributed by atoms with E-state index in [1.54, 1.807) is 0 Å². The van der Waals surface area contributed by atoms with E-state index in [2.05, 4.69) is 27.4 Å². The first-order valence-electron chi connectivity index (χ1n) is 7.18. The monoisotopic (exact) mass is 264 g/mol. The lowest BCUT2D eigenvalue weighted by Crippen LogP contribution is -2.70. The van der Waals surface area contributed by atoms with Crippen molar-refractivity contribution < 1.29 is 14.6 Å². The molecule has 4 fully saturated rings. The number of carbonyl (C=O) groups excluding carboxylic acids is 1. The Hall–Kier alpha value is -0.830. The Balaban J connectivity index is 2.00. The molecule has 0 aromatic heterocycles. The molecular weight excluding hydrogens is 240 g/mol. The normalized spacial score (nSPS) is 55.1. The summed E-state index contributed by atoms with van der Waals surface area (Å²) in [7, 11) is 0. The highest BCUT2D eigenvalue weighted by atomic mass is 16.6. The van der Waals surface area contributed by atoms with Gasteiger partial charge in [-0.05, 0) is 42.9 Å². The summed E-state index contributed by atoms with van der Waals surface area (Å²) >= 11 is 0. The summed E-state index contributed by atoms with van der Waals surface area (Å²) < 4.78 is 5.57. The van der Waals surface area contributed by atoms with Crippen LogP contribution in [0.15, 0.2) is 12.7 Å². The van der Waals surface area contributed by atoms with Crippen LogP contribution >= 0.6 is 0 Å². The molecule has 1 N–H and O–H groups in total. The van der Waals surface area contributed by atoms with Crippen molar-refractivity contribution in [2.75, 3.05) is 0 Å². The fraction of sp³-hybridized carbons (Fsp3) is 0.812. The van der Waals surface area contributed by atoms with Crippen LogP contribution in [0.2, 0.25) is 0 Å². The number of hydrogen-bond acceptors (Lipinski definition) is 3. The van der Waals surface area contributed by atoms with E-state index in [1.807, 2.05) is 0 Å². The fourth-order valence-corrected chi connectivity index (χ4v) is 6.39. The molecule has 0 aromatic carbocycles. The van der Waals surface area contributed by atoms with Crippen molar-refractivity contribution in [1.82, 2.24) is 0 Å². The molecule has 106 valence electrons. The Morgan fingerprint density at radius 3 is 2.11 bits per heavy atom. The van der Waals surface area contributed by atoms with Gasteiger partial charge in [0.1, 0.15) is 11.7 Å². The maximum atomic E-state index is 11.6. The molecule has 4 bridgehead atoms. The molecule has 0 amide bonds. The van der Waals surface area contributed by atoms with Gasteiger partial charge in [-0.1, -0.05) is 27.4 Å². The minimum atomic E-state index is -0.855. The summed E-state index contributed by atoms with van der Waals surface area (Å²) in [5.74, 6) is -0.414. The largest absolute Gasteiger partial charge is 0.456 e. The summed E-state index contributed by atoms with van der Waals surface area (Å²) in [5, 5.41) is 11.1. The van der Waals surface area contributed by atoms with E-state index in [-0.39, 0.29) is 22.3 Å². The lowest BCUT2D eigenvalue weighted by atomic mass is 9.38. The van der Waals surface area contributed by atoms with Gasteiger partial charge in [-0.25, -0.2) is 4.79 Å². The van der Waals surface area contributed by atoms with E-state index in [4.69, 9.17) is 4.74 Å². The highest BCUT2D eigenvalue weighted by molar-refractivity contribution is 5.81. The van der Waals surface area contributed by atoms with E-state index in [0.29, 0.717) is 0 Å². The minimum absolute atomic E-state index is 0.105. The Morgan fingerprint density at radius 1 is 1.16 bits per heavy atom. The maximum Gasteiger partial charge on any atom is 0.330 e. The minimum Gasteiger partial charge on any atom is -0.456 e. The lowest BCUT2D eigenvalue weighted by molar-refractivity contribution is -0.286. The van der Waals surface area contributed by atoms with Gasteiger partial charge >= 0.3 is 5.97 Å². The van der Waals surface area contributed by atoms with E-state index >= 15 is 0 Å². The Labute approximate surface area is 115 Å². The van der Waals surface area contributed by atoms with Crippen LogP contribution in [0.1, 0.15) is 52.9 Å². The van der Waals surface area contributed by atoms with Crippen LogP contribution in [-0.2, 0) is 9.53 Å². The molecule has 4 aliphatic rings. The zero-order chi connectivity index (χ0) is 14.1. The maximum absolute atomic E-state index is 11.6. The van der Waals surface area contributed by atoms with Crippen LogP contribution < -0.4 is 0 Å². The van der Waals surface area contributed by atoms with Gasteiger partial charge in [0.25, 0.3) is 0 Å². The third-order valence-corrected chi connectivity index (χ3v) is 5.50. The summed E-state index contributed by atoms with van der Waals surface area (Å²) in [6, 6.07) is 0. The number of hydrogen-bond donors (Lipinski definition) is 1. The highest BCUT2D eigenvalue weighted by Gasteiger charge is 2.70. The van der Waals surface area contributed by atoms with Crippen molar-refractivity contribution >= 4 is 5.97 Å². The first-order chi connectivity index (χ1) is 8.62. The molecule has 3 atom stereocenters. The molecule has 3 unspecified atom stereocenters. The fourth-order valence-electron chi connectivity index (χ4n) is 6.39. The second-order valence-corrected chi connectivity index (χ2v) is 8.28. The van der Waals surface area contributed by atoms with E-state index in [9.17, 15) is 9.90 Å². The molecule has 0 radical (unpaired) electrons. The molecule has 3 nitrogen and oxygen atoms in total. The number of esters is 1. The third kappa shape index (κ3) is 1.78. The van der Waals surface area contributed by atoms with Crippen molar-refractivity contribution in [3.8, 4) is 0 Å². The first kappa shape index (κ1) is 13.2. The van der Waals surface area contributed by atoms with E-state index < -0.39 is 11.6 Å². The van der Waals surface area contributed by atoms with Gasteiger partial charge in [-0.15, -0.1) is 0 Å². The smallest absolute Gasteiger partial charge is 0.330 e. The molecule has 19 heavy (non-hydrogen) atoms. The van der Waals surface area contributed by atoms with Crippen molar-refractivity contribution in [2.24, 2.45) is 16.2 Å². The number of carbonyl (C=O) groups is 1. The van der Waals surface area contributed by atoms with E-state index in [0.717, 1.165) is 25.7 Å². The van der Waals surface area contributed by atoms with Crippen molar-refractivity contribution in [3.05, 3.63) is 12.7 Å². The van der Waals surface area contributed by atoms with E-state index in [1.165, 1.54) is 12.5 Å². The van der Waals surface area contributed by atoms with Crippen LogP contribution in [-0.4, -0.2) is 22.8 Å². The van der Waals surface area contributed by atoms with Crippen LogP contribution in [0.4, 0.5) is 0 Å². The predicted octanol–water partition coefficient (Wildman–Crippen LogP) is 2.83. The molecule has 0 aromatic rings. The zero-order valence-corrected chi connectivity index (χ0v) is 12.2. The zero-order valence-electron chi connectivity index (χ0n) is 12.2. The Kier molecular flexibility index (Phi) is 2.38. The summed E-state index contributed by atoms with van der Waals surface area (Å²) in [6.07, 6.45) is 5.56. The van der Waals surface area contributed by atoms with Gasteiger partial charge in [0.15, 0.2) is 0 Å². The molecule has 4 rings (SSSR count).